The van der Waals surface area contributed by atoms with Crippen molar-refractivity contribution < 1.29 is 0 Å². The highest BCUT2D eigenvalue weighted by Gasteiger charge is 2.62. The van der Waals surface area contributed by atoms with E-state index in [1.165, 1.54) is 11.1 Å². The Morgan fingerprint density at radius 3 is 1.58 bits per heavy atom. The predicted octanol–water partition coefficient (Wildman–Crippen LogP) is 4.73. The maximum atomic E-state index is 6.09. The molecule has 2 aromatic carbocycles. The Morgan fingerprint density at radius 2 is 1.21 bits per heavy atom. The summed E-state index contributed by atoms with van der Waals surface area (Å²) in [5.74, 6) is 0. The number of hydrogen-bond donors (Lipinski definition) is 1. The second kappa shape index (κ2) is 4.24. The minimum atomic E-state index is -0.109. The van der Waals surface area contributed by atoms with Gasteiger partial charge in [-0.05, 0) is 49.2 Å². The standard InChI is InChI=1S/C16H15Cl2N/c1-15(11-5-3-7-13(17)9-11)16(2,19-15)12-6-4-8-14(18)10-12/h3-10,19H,1-2H3. The van der Waals surface area contributed by atoms with Gasteiger partial charge in [0.05, 0.1) is 11.1 Å². The van der Waals surface area contributed by atoms with Gasteiger partial charge in [-0.2, -0.15) is 0 Å². The minimum Gasteiger partial charge on any atom is -0.295 e. The second-order valence-electron chi connectivity index (χ2n) is 5.40. The molecular formula is C16H15Cl2N. The molecule has 1 aliphatic rings. The van der Waals surface area contributed by atoms with Gasteiger partial charge >= 0.3 is 0 Å². The van der Waals surface area contributed by atoms with Crippen LogP contribution in [0.4, 0.5) is 0 Å². The van der Waals surface area contributed by atoms with Gasteiger partial charge in [0.15, 0.2) is 0 Å². The largest absolute Gasteiger partial charge is 0.295 e. The van der Waals surface area contributed by atoms with Gasteiger partial charge < -0.3 is 0 Å². The third-order valence-corrected chi connectivity index (χ3v) is 4.71. The van der Waals surface area contributed by atoms with Gasteiger partial charge in [0.25, 0.3) is 0 Å². The fourth-order valence-electron chi connectivity index (χ4n) is 2.79. The van der Waals surface area contributed by atoms with Crippen LogP contribution in [0.25, 0.3) is 0 Å². The molecule has 0 spiro atoms. The quantitative estimate of drug-likeness (QED) is 0.794. The molecule has 0 saturated carbocycles. The lowest BCUT2D eigenvalue weighted by atomic mass is 9.84. The lowest BCUT2D eigenvalue weighted by Gasteiger charge is -2.17. The first-order valence-corrected chi connectivity index (χ1v) is 7.03. The molecule has 0 bridgehead atoms. The highest BCUT2D eigenvalue weighted by molar-refractivity contribution is 6.31. The van der Waals surface area contributed by atoms with E-state index in [0.717, 1.165) is 10.0 Å². The van der Waals surface area contributed by atoms with Crippen LogP contribution in [-0.4, -0.2) is 0 Å². The second-order valence-corrected chi connectivity index (χ2v) is 6.27. The van der Waals surface area contributed by atoms with E-state index in [-0.39, 0.29) is 11.1 Å². The average Bonchev–Trinajstić information content (AvgIpc) is 2.95. The molecule has 0 amide bonds. The zero-order valence-corrected chi connectivity index (χ0v) is 12.4. The molecule has 2 unspecified atom stereocenters. The van der Waals surface area contributed by atoms with Crippen LogP contribution in [-0.2, 0) is 11.1 Å². The number of nitrogens with one attached hydrogen (secondary N) is 1. The molecule has 1 saturated heterocycles. The first kappa shape index (κ1) is 13.0. The Morgan fingerprint density at radius 1 is 0.789 bits per heavy atom. The lowest BCUT2D eigenvalue weighted by molar-refractivity contribution is 0.620. The highest BCUT2D eigenvalue weighted by atomic mass is 35.5. The summed E-state index contributed by atoms with van der Waals surface area (Å²) in [5, 5.41) is 5.12. The van der Waals surface area contributed by atoms with Crippen molar-refractivity contribution in [1.82, 2.24) is 5.32 Å². The molecule has 0 aliphatic carbocycles. The molecule has 1 N–H and O–H groups in total. The molecule has 0 aromatic heterocycles. The Kier molecular flexibility index (Phi) is 2.90. The van der Waals surface area contributed by atoms with Crippen molar-refractivity contribution in [3.8, 4) is 0 Å². The van der Waals surface area contributed by atoms with Gasteiger partial charge in [-0.1, -0.05) is 47.5 Å². The smallest absolute Gasteiger partial charge is 0.0638 e. The molecule has 0 radical (unpaired) electrons. The fourth-order valence-corrected chi connectivity index (χ4v) is 3.17. The summed E-state index contributed by atoms with van der Waals surface area (Å²) in [6, 6.07) is 16.0. The van der Waals surface area contributed by atoms with Crippen LogP contribution < -0.4 is 5.32 Å². The Hall–Kier alpha value is -1.02. The molecule has 3 heteroatoms. The van der Waals surface area contributed by atoms with E-state index in [1.54, 1.807) is 0 Å². The summed E-state index contributed by atoms with van der Waals surface area (Å²) < 4.78 is 0. The molecule has 1 heterocycles. The van der Waals surface area contributed by atoms with E-state index in [2.05, 4.69) is 31.3 Å². The number of hydrogen-bond acceptors (Lipinski definition) is 1. The van der Waals surface area contributed by atoms with E-state index in [1.807, 2.05) is 36.4 Å². The highest BCUT2D eigenvalue weighted by Crippen LogP contribution is 2.54. The molecule has 1 fully saturated rings. The molecular weight excluding hydrogens is 277 g/mol. The van der Waals surface area contributed by atoms with Gasteiger partial charge in [0.2, 0.25) is 0 Å². The summed E-state index contributed by atoms with van der Waals surface area (Å²) in [5.41, 5.74) is 2.18. The number of halogens is 2. The van der Waals surface area contributed by atoms with Crippen LogP contribution in [0, 0.1) is 0 Å². The predicted molar refractivity (Wildman–Crippen MR) is 80.7 cm³/mol. The Balaban J connectivity index is 2.02. The SMILES string of the molecule is CC1(c2cccc(Cl)c2)NC1(C)c1cccc(Cl)c1. The van der Waals surface area contributed by atoms with Crippen molar-refractivity contribution in [3.63, 3.8) is 0 Å². The van der Waals surface area contributed by atoms with Crippen LogP contribution >= 0.6 is 23.2 Å². The topological polar surface area (TPSA) is 21.9 Å². The number of benzene rings is 2. The Bertz CT molecular complexity index is 585. The summed E-state index contributed by atoms with van der Waals surface area (Å²) in [6.45, 7) is 4.39. The van der Waals surface area contributed by atoms with Crippen LogP contribution in [0.1, 0.15) is 25.0 Å². The van der Waals surface area contributed by atoms with Crippen LogP contribution in [0.2, 0.25) is 10.0 Å². The van der Waals surface area contributed by atoms with Crippen molar-refractivity contribution in [2.45, 2.75) is 24.9 Å². The third-order valence-electron chi connectivity index (χ3n) is 4.24. The molecule has 19 heavy (non-hydrogen) atoms. The van der Waals surface area contributed by atoms with Crippen molar-refractivity contribution in [2.24, 2.45) is 0 Å². The van der Waals surface area contributed by atoms with Crippen LogP contribution in [0.3, 0.4) is 0 Å². The van der Waals surface area contributed by atoms with Gasteiger partial charge in [-0.3, -0.25) is 5.32 Å². The zero-order chi connectivity index (χ0) is 13.7. The lowest BCUT2D eigenvalue weighted by Crippen LogP contribution is -2.16. The normalized spacial score (nSPS) is 29.3. The summed E-state index contributed by atoms with van der Waals surface area (Å²) in [6.07, 6.45) is 0. The molecule has 1 nitrogen and oxygen atoms in total. The molecule has 1 aliphatic heterocycles. The van der Waals surface area contributed by atoms with Crippen LogP contribution in [0.15, 0.2) is 48.5 Å². The Labute approximate surface area is 123 Å². The van der Waals surface area contributed by atoms with Gasteiger partial charge in [0, 0.05) is 10.0 Å². The first-order valence-electron chi connectivity index (χ1n) is 6.27. The van der Waals surface area contributed by atoms with Crippen LogP contribution in [0.5, 0.6) is 0 Å². The summed E-state index contributed by atoms with van der Waals surface area (Å²) in [7, 11) is 0. The fraction of sp³-hybridized carbons (Fsp3) is 0.250. The van der Waals surface area contributed by atoms with Crippen molar-refractivity contribution in [2.75, 3.05) is 0 Å². The van der Waals surface area contributed by atoms with Crippen molar-refractivity contribution in [1.29, 1.82) is 0 Å². The molecule has 3 rings (SSSR count). The van der Waals surface area contributed by atoms with Gasteiger partial charge in [-0.25, -0.2) is 0 Å². The molecule has 98 valence electrons. The van der Waals surface area contributed by atoms with E-state index in [4.69, 9.17) is 23.2 Å². The first-order chi connectivity index (χ1) is 8.96. The maximum Gasteiger partial charge on any atom is 0.0638 e. The average molecular weight is 292 g/mol. The van der Waals surface area contributed by atoms with Crippen molar-refractivity contribution >= 4 is 23.2 Å². The van der Waals surface area contributed by atoms with E-state index in [9.17, 15) is 0 Å². The summed E-state index contributed by atoms with van der Waals surface area (Å²) >= 11 is 12.2. The third kappa shape index (κ3) is 1.97. The van der Waals surface area contributed by atoms with Crippen molar-refractivity contribution in [3.05, 3.63) is 69.7 Å². The molecule has 2 aromatic rings. The van der Waals surface area contributed by atoms with E-state index in [0.29, 0.717) is 0 Å². The van der Waals surface area contributed by atoms with E-state index >= 15 is 0 Å². The summed E-state index contributed by atoms with van der Waals surface area (Å²) in [4.78, 5) is 0. The molecule has 2 atom stereocenters. The number of rotatable bonds is 2. The van der Waals surface area contributed by atoms with Gasteiger partial charge in [0.1, 0.15) is 0 Å². The minimum absolute atomic E-state index is 0.109. The van der Waals surface area contributed by atoms with Gasteiger partial charge in [-0.15, -0.1) is 0 Å². The maximum absolute atomic E-state index is 6.09. The van der Waals surface area contributed by atoms with E-state index < -0.39 is 0 Å². The zero-order valence-electron chi connectivity index (χ0n) is 10.9. The monoisotopic (exact) mass is 291 g/mol.